The number of ether oxygens (including phenoxy) is 1. The molecule has 1 aliphatic rings. The van der Waals surface area contributed by atoms with E-state index >= 15 is 0 Å². The van der Waals surface area contributed by atoms with Crippen molar-refractivity contribution in [1.82, 2.24) is 9.55 Å². The molecule has 0 radical (unpaired) electrons. The molecule has 0 bridgehead atoms. The Hall–Kier alpha value is -3.95. The van der Waals surface area contributed by atoms with Crippen molar-refractivity contribution in [2.45, 2.75) is 50.4 Å². The molecule has 1 aliphatic carbocycles. The van der Waals surface area contributed by atoms with Gasteiger partial charge in [0, 0.05) is 17.1 Å². The van der Waals surface area contributed by atoms with Crippen LogP contribution in [0.2, 0.25) is 0 Å². The maximum absolute atomic E-state index is 13.8. The van der Waals surface area contributed by atoms with Gasteiger partial charge in [0.1, 0.15) is 23.0 Å². The van der Waals surface area contributed by atoms with E-state index in [0.717, 1.165) is 52.6 Å². The van der Waals surface area contributed by atoms with Gasteiger partial charge in [-0.1, -0.05) is 54.2 Å². The zero-order valence-electron chi connectivity index (χ0n) is 23.0. The van der Waals surface area contributed by atoms with E-state index in [0.29, 0.717) is 36.2 Å². The largest absolute Gasteiger partial charge is 0.489 e. The van der Waals surface area contributed by atoms with Crippen LogP contribution in [0.3, 0.4) is 0 Å². The molecule has 6 nitrogen and oxygen atoms in total. The number of hydrogen-bond donors (Lipinski definition) is 1. The molecular weight excluding hydrogens is 570 g/mol. The second kappa shape index (κ2) is 12.9. The van der Waals surface area contributed by atoms with Crippen LogP contribution in [-0.4, -0.2) is 21.2 Å². The van der Waals surface area contributed by atoms with E-state index in [4.69, 9.17) is 9.72 Å². The van der Waals surface area contributed by atoms with Crippen molar-refractivity contribution in [2.75, 3.05) is 11.1 Å². The third-order valence-electron chi connectivity index (χ3n) is 7.30. The fourth-order valence-corrected chi connectivity index (χ4v) is 7.25. The summed E-state index contributed by atoms with van der Waals surface area (Å²) in [5.74, 6) is 0.335. The average molecular weight is 600 g/mol. The normalized spacial score (nSPS) is 12.7. The smallest absolute Gasteiger partial charge is 0.263 e. The zero-order valence-corrected chi connectivity index (χ0v) is 24.6. The highest BCUT2D eigenvalue weighted by molar-refractivity contribution is 7.99. The number of hydrogen-bond acceptors (Lipinski definition) is 6. The molecule has 42 heavy (non-hydrogen) atoms. The van der Waals surface area contributed by atoms with Crippen molar-refractivity contribution in [3.8, 4) is 5.75 Å². The Bertz CT molecular complexity index is 1750. The molecule has 3 aromatic carbocycles. The van der Waals surface area contributed by atoms with Gasteiger partial charge in [0.25, 0.3) is 5.56 Å². The summed E-state index contributed by atoms with van der Waals surface area (Å²) < 4.78 is 20.9. The summed E-state index contributed by atoms with van der Waals surface area (Å²) in [4.78, 5) is 33.6. The quantitative estimate of drug-likeness (QED) is 0.138. The van der Waals surface area contributed by atoms with Crippen LogP contribution in [0.5, 0.6) is 5.75 Å². The van der Waals surface area contributed by atoms with Gasteiger partial charge in [-0.25, -0.2) is 9.37 Å². The Morgan fingerprint density at radius 3 is 2.52 bits per heavy atom. The van der Waals surface area contributed by atoms with Crippen molar-refractivity contribution in [1.29, 1.82) is 0 Å². The van der Waals surface area contributed by atoms with Crippen molar-refractivity contribution in [3.63, 3.8) is 0 Å². The molecular formula is C33H30FN3O3S2. The summed E-state index contributed by atoms with van der Waals surface area (Å²) in [6.45, 7) is 0.864. The Balaban J connectivity index is 1.15. The van der Waals surface area contributed by atoms with Crippen LogP contribution in [0.1, 0.15) is 34.4 Å². The van der Waals surface area contributed by atoms with Crippen molar-refractivity contribution < 1.29 is 13.9 Å². The Morgan fingerprint density at radius 1 is 0.976 bits per heavy atom. The molecule has 0 unspecified atom stereocenters. The van der Waals surface area contributed by atoms with Gasteiger partial charge in [-0.3, -0.25) is 14.2 Å². The number of rotatable bonds is 10. The van der Waals surface area contributed by atoms with Crippen LogP contribution < -0.4 is 15.6 Å². The monoisotopic (exact) mass is 599 g/mol. The topological polar surface area (TPSA) is 73.2 Å². The van der Waals surface area contributed by atoms with Gasteiger partial charge in [-0.2, -0.15) is 0 Å². The van der Waals surface area contributed by atoms with Gasteiger partial charge in [-0.15, -0.1) is 11.3 Å². The fraction of sp³-hybridized carbons (Fsp3) is 0.242. The molecule has 1 amide bonds. The van der Waals surface area contributed by atoms with E-state index in [2.05, 4.69) is 5.32 Å². The van der Waals surface area contributed by atoms with Gasteiger partial charge in [0.05, 0.1) is 11.1 Å². The predicted molar refractivity (Wildman–Crippen MR) is 167 cm³/mol. The van der Waals surface area contributed by atoms with Gasteiger partial charge in [0.2, 0.25) is 5.91 Å². The summed E-state index contributed by atoms with van der Waals surface area (Å²) >= 11 is 2.86. The minimum atomic E-state index is -0.291. The molecule has 0 aliphatic heterocycles. The average Bonchev–Trinajstić information content (AvgIpc) is 3.39. The zero-order chi connectivity index (χ0) is 28.9. The number of thioether (sulfide) groups is 1. The van der Waals surface area contributed by atoms with Crippen LogP contribution in [0, 0.1) is 5.82 Å². The lowest BCUT2D eigenvalue weighted by molar-refractivity contribution is -0.113. The predicted octanol–water partition coefficient (Wildman–Crippen LogP) is 7.03. The molecule has 2 aromatic heterocycles. The summed E-state index contributed by atoms with van der Waals surface area (Å²) in [5.41, 5.74) is 3.75. The second-order valence-electron chi connectivity index (χ2n) is 10.3. The van der Waals surface area contributed by atoms with E-state index in [1.807, 2.05) is 54.6 Å². The Labute approximate surface area is 251 Å². The Kier molecular flexibility index (Phi) is 8.67. The molecule has 1 N–H and O–H groups in total. The van der Waals surface area contributed by atoms with Crippen LogP contribution in [-0.2, 0) is 37.2 Å². The minimum Gasteiger partial charge on any atom is -0.489 e. The van der Waals surface area contributed by atoms with Crippen LogP contribution in [0.4, 0.5) is 10.1 Å². The number of halogens is 1. The summed E-state index contributed by atoms with van der Waals surface area (Å²) in [6.07, 6.45) is 4.63. The first-order valence-electron chi connectivity index (χ1n) is 14.0. The summed E-state index contributed by atoms with van der Waals surface area (Å²) in [6, 6.07) is 23.5. The standard InChI is InChI=1S/C33H30FN3O3S2/c34-24-12-10-22(11-13-24)18-19-37-32(39)30-27-8-4-5-9-28(27)42-31(30)36-33(37)41-21-29(38)35-25-14-16-26(17-15-25)40-20-23-6-2-1-3-7-23/h1-3,6-7,10-17H,4-5,8-9,18-21H2,(H,35,38). The molecule has 9 heteroatoms. The molecule has 0 atom stereocenters. The molecule has 214 valence electrons. The van der Waals surface area contributed by atoms with E-state index in [1.165, 1.54) is 28.8 Å². The summed E-state index contributed by atoms with van der Waals surface area (Å²) in [5, 5.41) is 4.16. The molecule has 0 saturated heterocycles. The molecule has 6 rings (SSSR count). The number of amides is 1. The van der Waals surface area contributed by atoms with Gasteiger partial charge >= 0.3 is 0 Å². The number of fused-ring (bicyclic) bond motifs is 3. The highest BCUT2D eigenvalue weighted by atomic mass is 32.2. The van der Waals surface area contributed by atoms with Crippen molar-refractivity contribution in [2.24, 2.45) is 0 Å². The highest BCUT2D eigenvalue weighted by Gasteiger charge is 2.22. The SMILES string of the molecule is O=C(CSc1nc2sc3c(c2c(=O)n1CCc1ccc(F)cc1)CCCC3)Nc1ccc(OCc2ccccc2)cc1. The molecule has 0 spiro atoms. The fourth-order valence-electron chi connectivity index (χ4n) is 5.12. The number of benzene rings is 3. The third kappa shape index (κ3) is 6.58. The Morgan fingerprint density at radius 2 is 1.74 bits per heavy atom. The maximum atomic E-state index is 13.8. The number of carbonyl (C=O) groups excluding carboxylic acids is 1. The minimum absolute atomic E-state index is 0.0597. The number of aryl methyl sites for hydroxylation is 3. The second-order valence-corrected chi connectivity index (χ2v) is 12.3. The molecule has 0 fully saturated rings. The number of thiophene rings is 1. The van der Waals surface area contributed by atoms with E-state index in [-0.39, 0.29) is 23.0 Å². The third-order valence-corrected chi connectivity index (χ3v) is 9.46. The van der Waals surface area contributed by atoms with Gasteiger partial charge in [0.15, 0.2) is 5.16 Å². The van der Waals surface area contributed by atoms with E-state index < -0.39 is 0 Å². The maximum Gasteiger partial charge on any atom is 0.263 e. The number of nitrogens with zero attached hydrogens (tertiary/aromatic N) is 2. The van der Waals surface area contributed by atoms with E-state index in [1.54, 1.807) is 28.0 Å². The molecule has 2 heterocycles. The van der Waals surface area contributed by atoms with Crippen LogP contribution in [0.15, 0.2) is 88.8 Å². The first kappa shape index (κ1) is 28.2. The van der Waals surface area contributed by atoms with Gasteiger partial charge in [-0.05, 0) is 85.2 Å². The number of aromatic nitrogens is 2. The lowest BCUT2D eigenvalue weighted by Crippen LogP contribution is -2.25. The van der Waals surface area contributed by atoms with Crippen LogP contribution >= 0.6 is 23.1 Å². The first-order valence-corrected chi connectivity index (χ1v) is 15.8. The lowest BCUT2D eigenvalue weighted by atomic mass is 9.97. The number of carbonyl (C=O) groups is 1. The number of nitrogens with one attached hydrogen (secondary N) is 1. The van der Waals surface area contributed by atoms with Crippen molar-refractivity contribution in [3.05, 3.63) is 117 Å². The molecule has 0 saturated carbocycles. The highest BCUT2D eigenvalue weighted by Crippen LogP contribution is 2.35. The lowest BCUT2D eigenvalue weighted by Gasteiger charge is -2.14. The van der Waals surface area contributed by atoms with Gasteiger partial charge < -0.3 is 10.1 Å². The number of anilines is 1. The first-order chi connectivity index (χ1) is 20.5. The van der Waals surface area contributed by atoms with Crippen molar-refractivity contribution >= 4 is 44.9 Å². The molecule has 5 aromatic rings. The summed E-state index contributed by atoms with van der Waals surface area (Å²) in [7, 11) is 0. The van der Waals surface area contributed by atoms with Crippen LogP contribution in [0.25, 0.3) is 10.2 Å². The van der Waals surface area contributed by atoms with E-state index in [9.17, 15) is 14.0 Å².